The standard InChI is InChI=1S/C21H29N3O3S/c1-4-22-21(23-13-14-28(25)16-17-9-7-6-8-10-17)24-18-11-12-19(27-5-2)20(15-18)26-3/h6-12,15H,4-5,13-14,16H2,1-3H3,(H2,22,23,24). The van der Waals surface area contributed by atoms with Crippen molar-refractivity contribution in [2.75, 3.05) is 37.9 Å². The van der Waals surface area contributed by atoms with Gasteiger partial charge >= 0.3 is 0 Å². The molecule has 0 saturated carbocycles. The summed E-state index contributed by atoms with van der Waals surface area (Å²) in [6.07, 6.45) is 0. The third-order valence-corrected chi connectivity index (χ3v) is 5.12. The van der Waals surface area contributed by atoms with E-state index in [0.717, 1.165) is 17.8 Å². The first-order valence-electron chi connectivity index (χ1n) is 9.41. The van der Waals surface area contributed by atoms with Gasteiger partial charge in [-0.05, 0) is 31.5 Å². The number of nitrogens with one attached hydrogen (secondary N) is 2. The summed E-state index contributed by atoms with van der Waals surface area (Å²) < 4.78 is 23.2. The smallest absolute Gasteiger partial charge is 0.195 e. The Kier molecular flexibility index (Phi) is 9.34. The molecule has 6 nitrogen and oxygen atoms in total. The fourth-order valence-corrected chi connectivity index (χ4v) is 3.56. The summed E-state index contributed by atoms with van der Waals surface area (Å²) >= 11 is 0. The van der Waals surface area contributed by atoms with Gasteiger partial charge in [-0.15, -0.1) is 0 Å². The predicted molar refractivity (Wildman–Crippen MR) is 117 cm³/mol. The number of guanidine groups is 1. The lowest BCUT2D eigenvalue weighted by Crippen LogP contribution is -2.31. The Balaban J connectivity index is 1.95. The minimum absolute atomic E-state index is 0.475. The van der Waals surface area contributed by atoms with Gasteiger partial charge in [0.1, 0.15) is 0 Å². The summed E-state index contributed by atoms with van der Waals surface area (Å²) in [5.74, 6) is 3.07. The van der Waals surface area contributed by atoms with Gasteiger partial charge in [0, 0.05) is 40.6 Å². The van der Waals surface area contributed by atoms with Crippen molar-refractivity contribution in [1.82, 2.24) is 5.32 Å². The third kappa shape index (κ3) is 7.23. The second-order valence-electron chi connectivity index (χ2n) is 5.96. The number of aliphatic imine (C=N–C) groups is 1. The van der Waals surface area contributed by atoms with E-state index in [9.17, 15) is 4.21 Å². The van der Waals surface area contributed by atoms with Gasteiger partial charge in [-0.25, -0.2) is 0 Å². The van der Waals surface area contributed by atoms with E-state index in [-0.39, 0.29) is 0 Å². The first-order valence-corrected chi connectivity index (χ1v) is 10.9. The van der Waals surface area contributed by atoms with E-state index in [0.29, 0.717) is 42.1 Å². The Hall–Kier alpha value is -2.54. The normalized spacial score (nSPS) is 12.3. The maximum absolute atomic E-state index is 12.3. The molecular formula is C21H29N3O3S. The highest BCUT2D eigenvalue weighted by atomic mass is 32.2. The highest BCUT2D eigenvalue weighted by molar-refractivity contribution is 7.84. The maximum Gasteiger partial charge on any atom is 0.195 e. The van der Waals surface area contributed by atoms with Crippen LogP contribution in [0.25, 0.3) is 0 Å². The highest BCUT2D eigenvalue weighted by Crippen LogP contribution is 2.30. The average molecular weight is 404 g/mol. The van der Waals surface area contributed by atoms with E-state index >= 15 is 0 Å². The van der Waals surface area contributed by atoms with E-state index in [1.165, 1.54) is 0 Å². The zero-order valence-electron chi connectivity index (χ0n) is 16.7. The number of hydrogen-bond donors (Lipinski definition) is 2. The number of ether oxygens (including phenoxy) is 2. The van der Waals surface area contributed by atoms with Crippen molar-refractivity contribution in [1.29, 1.82) is 0 Å². The van der Waals surface area contributed by atoms with Crippen LogP contribution in [0, 0.1) is 0 Å². The van der Waals surface area contributed by atoms with Crippen molar-refractivity contribution in [2.24, 2.45) is 4.99 Å². The van der Waals surface area contributed by atoms with Crippen molar-refractivity contribution >= 4 is 22.4 Å². The van der Waals surface area contributed by atoms with Crippen LogP contribution in [0.2, 0.25) is 0 Å². The lowest BCUT2D eigenvalue weighted by Gasteiger charge is -2.14. The lowest BCUT2D eigenvalue weighted by atomic mass is 10.2. The minimum Gasteiger partial charge on any atom is -0.493 e. The van der Waals surface area contributed by atoms with Crippen molar-refractivity contribution < 1.29 is 13.7 Å². The van der Waals surface area contributed by atoms with Crippen molar-refractivity contribution in [2.45, 2.75) is 19.6 Å². The van der Waals surface area contributed by atoms with Crippen LogP contribution in [0.3, 0.4) is 0 Å². The first kappa shape index (κ1) is 21.8. The van der Waals surface area contributed by atoms with Gasteiger partial charge in [0.05, 0.1) is 20.3 Å². The molecule has 1 unspecified atom stereocenters. The maximum atomic E-state index is 12.3. The molecule has 2 aromatic carbocycles. The lowest BCUT2D eigenvalue weighted by molar-refractivity contribution is 0.311. The molecule has 152 valence electrons. The number of methoxy groups -OCH3 is 1. The molecule has 7 heteroatoms. The van der Waals surface area contributed by atoms with Gasteiger partial charge in [0.2, 0.25) is 0 Å². The molecule has 2 aromatic rings. The van der Waals surface area contributed by atoms with Gasteiger partial charge in [0.25, 0.3) is 0 Å². The second kappa shape index (κ2) is 12.0. The quantitative estimate of drug-likeness (QED) is 0.470. The van der Waals surface area contributed by atoms with Crippen LogP contribution in [-0.2, 0) is 16.6 Å². The predicted octanol–water partition coefficient (Wildman–Crippen LogP) is 3.42. The summed E-state index contributed by atoms with van der Waals surface area (Å²) in [6.45, 7) is 5.72. The van der Waals surface area contributed by atoms with Gasteiger partial charge in [-0.1, -0.05) is 30.3 Å². The molecule has 0 fully saturated rings. The van der Waals surface area contributed by atoms with Gasteiger partial charge in [-0.3, -0.25) is 9.20 Å². The molecule has 0 heterocycles. The van der Waals surface area contributed by atoms with Gasteiger partial charge in [-0.2, -0.15) is 0 Å². The van der Waals surface area contributed by atoms with Crippen LogP contribution >= 0.6 is 0 Å². The summed E-state index contributed by atoms with van der Waals surface area (Å²) in [7, 11) is 0.666. The number of anilines is 1. The SMILES string of the molecule is CCNC(=NCCS(=O)Cc1ccccc1)Nc1ccc(OCC)c(OC)c1. The molecule has 2 N–H and O–H groups in total. The monoisotopic (exact) mass is 403 g/mol. The highest BCUT2D eigenvalue weighted by Gasteiger charge is 2.07. The molecule has 0 amide bonds. The van der Waals surface area contributed by atoms with Crippen molar-refractivity contribution in [3.63, 3.8) is 0 Å². The fourth-order valence-electron chi connectivity index (χ4n) is 2.56. The zero-order valence-corrected chi connectivity index (χ0v) is 17.6. The molecule has 0 saturated heterocycles. The minimum atomic E-state index is -0.948. The Bertz CT molecular complexity index is 782. The van der Waals surface area contributed by atoms with Gasteiger partial charge in [0.15, 0.2) is 17.5 Å². The molecule has 0 aliphatic carbocycles. The summed E-state index contributed by atoms with van der Waals surface area (Å²) in [5.41, 5.74) is 1.92. The van der Waals surface area contributed by atoms with E-state index in [2.05, 4.69) is 15.6 Å². The summed E-state index contributed by atoms with van der Waals surface area (Å²) in [5, 5.41) is 6.45. The van der Waals surface area contributed by atoms with E-state index in [1.54, 1.807) is 7.11 Å². The second-order valence-corrected chi connectivity index (χ2v) is 7.53. The molecular weight excluding hydrogens is 374 g/mol. The number of benzene rings is 2. The Morgan fingerprint density at radius 1 is 1.11 bits per heavy atom. The topological polar surface area (TPSA) is 72.0 Å². The largest absolute Gasteiger partial charge is 0.493 e. The number of nitrogens with zero attached hydrogens (tertiary/aromatic N) is 1. The summed E-state index contributed by atoms with van der Waals surface area (Å²) in [6, 6.07) is 15.5. The molecule has 2 rings (SSSR count). The van der Waals surface area contributed by atoms with Crippen LogP contribution in [0.15, 0.2) is 53.5 Å². The molecule has 1 atom stereocenters. The van der Waals surface area contributed by atoms with E-state index in [4.69, 9.17) is 9.47 Å². The van der Waals surface area contributed by atoms with Crippen LogP contribution in [0.1, 0.15) is 19.4 Å². The molecule has 28 heavy (non-hydrogen) atoms. The Morgan fingerprint density at radius 2 is 1.89 bits per heavy atom. The molecule has 0 aliphatic rings. The summed E-state index contributed by atoms with van der Waals surface area (Å²) in [4.78, 5) is 4.53. The van der Waals surface area contributed by atoms with Gasteiger partial charge < -0.3 is 20.1 Å². The zero-order chi connectivity index (χ0) is 20.2. The molecule has 0 radical (unpaired) electrons. The third-order valence-electron chi connectivity index (χ3n) is 3.83. The molecule has 0 spiro atoms. The average Bonchev–Trinajstić information content (AvgIpc) is 2.70. The van der Waals surface area contributed by atoms with Crippen molar-refractivity contribution in [3.8, 4) is 11.5 Å². The van der Waals surface area contributed by atoms with Crippen LogP contribution in [0.4, 0.5) is 5.69 Å². The Morgan fingerprint density at radius 3 is 2.57 bits per heavy atom. The number of rotatable bonds is 10. The first-order chi connectivity index (χ1) is 13.7. The van der Waals surface area contributed by atoms with Crippen molar-refractivity contribution in [3.05, 3.63) is 54.1 Å². The Labute approximate surface area is 169 Å². The molecule has 0 bridgehead atoms. The van der Waals surface area contributed by atoms with E-state index < -0.39 is 10.8 Å². The fraction of sp³-hybridized carbons (Fsp3) is 0.381. The van der Waals surface area contributed by atoms with Crippen LogP contribution in [0.5, 0.6) is 11.5 Å². The van der Waals surface area contributed by atoms with E-state index in [1.807, 2.05) is 62.4 Å². The molecule has 0 aliphatic heterocycles. The van der Waals surface area contributed by atoms with Crippen LogP contribution < -0.4 is 20.1 Å². The van der Waals surface area contributed by atoms with Crippen LogP contribution in [-0.4, -0.2) is 42.7 Å². The molecule has 0 aromatic heterocycles. The number of hydrogen-bond acceptors (Lipinski definition) is 4.